The number of nitrogens with zero attached hydrogens (tertiary/aromatic N) is 1. The normalized spacial score (nSPS) is 13.4. The van der Waals surface area contributed by atoms with Gasteiger partial charge in [0.2, 0.25) is 0 Å². The Hall–Kier alpha value is 0.350. The zero-order chi connectivity index (χ0) is 14.9. The maximum atomic E-state index is 10.2. The van der Waals surface area contributed by atoms with E-state index in [1.165, 1.54) is 38.0 Å². The highest BCUT2D eigenvalue weighted by Gasteiger charge is 2.38. The molecular weight excluding hydrogens is 368 g/mol. The van der Waals surface area contributed by atoms with Crippen molar-refractivity contribution < 1.29 is 5.11 Å². The van der Waals surface area contributed by atoms with Crippen molar-refractivity contribution in [3.05, 3.63) is 11.6 Å². The van der Waals surface area contributed by atoms with Crippen molar-refractivity contribution in [3.8, 4) is 6.07 Å². The van der Waals surface area contributed by atoms with Gasteiger partial charge in [0.25, 0.3) is 0 Å². The van der Waals surface area contributed by atoms with Crippen molar-refractivity contribution in [2.45, 2.75) is 59.0 Å². The highest BCUT2D eigenvalue weighted by Crippen LogP contribution is 2.69. The van der Waals surface area contributed by atoms with Crippen LogP contribution in [0.15, 0.2) is 11.6 Å². The fourth-order valence-corrected chi connectivity index (χ4v) is 8.50. The highest BCUT2D eigenvalue weighted by molar-refractivity contribution is 14.2. The Balaban J connectivity index is 4.96. The van der Waals surface area contributed by atoms with Crippen LogP contribution in [0.1, 0.15) is 53.4 Å². The third-order valence-corrected chi connectivity index (χ3v) is 10.4. The van der Waals surface area contributed by atoms with E-state index in [1.807, 2.05) is 0 Å². The van der Waals surface area contributed by atoms with Crippen molar-refractivity contribution >= 4 is 26.9 Å². The van der Waals surface area contributed by atoms with Gasteiger partial charge < -0.3 is 5.11 Å². The molecule has 0 fully saturated rings. The summed E-state index contributed by atoms with van der Waals surface area (Å²) in [6.45, 7) is 8.03. The molecule has 0 rings (SSSR count). The predicted molar refractivity (Wildman–Crippen MR) is 95.4 cm³/mol. The number of hydrogen-bond donors (Lipinski definition) is 1. The van der Waals surface area contributed by atoms with Crippen LogP contribution in [-0.2, 0) is 0 Å². The molecule has 0 bridgehead atoms. The van der Waals surface area contributed by atoms with Gasteiger partial charge in [0.05, 0.1) is 35.1 Å². The molecule has 0 spiro atoms. The highest BCUT2D eigenvalue weighted by atomic mass is 127. The molecule has 0 saturated heterocycles. The Bertz CT molecular complexity index is 320. The molecule has 0 atom stereocenters. The monoisotopic (exact) mass is 396 g/mol. The summed E-state index contributed by atoms with van der Waals surface area (Å²) in [5.41, 5.74) is 0.0369. The van der Waals surface area contributed by atoms with Crippen molar-refractivity contribution in [2.24, 2.45) is 0 Å². The van der Waals surface area contributed by atoms with Crippen LogP contribution in [0, 0.1) is 11.3 Å². The van der Waals surface area contributed by atoms with Gasteiger partial charge in [-0.1, -0.05) is 26.7 Å². The minimum absolute atomic E-state index is 0.870. The number of hydrogen-bond acceptors (Lipinski definition) is 2. The molecule has 0 amide bonds. The van der Waals surface area contributed by atoms with Crippen molar-refractivity contribution in [1.29, 1.82) is 5.26 Å². The van der Waals surface area contributed by atoms with Crippen molar-refractivity contribution in [3.63, 3.8) is 0 Å². The van der Waals surface area contributed by atoms with E-state index in [-0.39, 0.29) is 0 Å². The second kappa shape index (κ2) is 9.32. The van der Waals surface area contributed by atoms with E-state index >= 15 is 0 Å². The zero-order valence-electron chi connectivity index (χ0n) is 12.7. The number of allylic oxidation sites excluding steroid dienone is 1. The molecule has 0 aromatic heterocycles. The summed E-state index contributed by atoms with van der Waals surface area (Å²) in [4.78, 5) is -1.09. The van der Waals surface area contributed by atoms with Crippen molar-refractivity contribution in [1.82, 2.24) is 0 Å². The third kappa shape index (κ3) is 8.27. The summed E-state index contributed by atoms with van der Waals surface area (Å²) in [6.07, 6.45) is 9.97. The lowest BCUT2D eigenvalue weighted by atomic mass is 10.00. The maximum absolute atomic E-state index is 10.2. The summed E-state index contributed by atoms with van der Waals surface area (Å²) in [5, 5.41) is 19.1. The first kappa shape index (κ1) is 19.4. The van der Waals surface area contributed by atoms with Gasteiger partial charge in [-0.25, -0.2) is 0 Å². The lowest BCUT2D eigenvalue weighted by Gasteiger charge is -2.27. The quantitative estimate of drug-likeness (QED) is 0.332. The molecule has 0 saturated carbocycles. The van der Waals surface area contributed by atoms with Crippen LogP contribution in [0.4, 0.5) is 0 Å². The van der Waals surface area contributed by atoms with E-state index in [0.29, 0.717) is 0 Å². The fourth-order valence-electron chi connectivity index (χ4n) is 1.95. The Kier molecular flexibility index (Phi) is 9.49. The van der Waals surface area contributed by atoms with E-state index in [2.05, 4.69) is 42.0 Å². The molecule has 1 N–H and O–H groups in total. The van der Waals surface area contributed by atoms with Gasteiger partial charge in [-0.15, -0.1) is 0 Å². The number of aliphatic hydroxyl groups is 1. The maximum Gasteiger partial charge on any atom is 0.155 e. The Morgan fingerprint density at radius 1 is 1.26 bits per heavy atom. The topological polar surface area (TPSA) is 44.0 Å². The Labute approximate surface area is 132 Å². The van der Waals surface area contributed by atoms with E-state index < -0.39 is 10.5 Å². The summed E-state index contributed by atoms with van der Waals surface area (Å²) < 4.78 is 0. The summed E-state index contributed by atoms with van der Waals surface area (Å²) in [6, 6.07) is 2.10. The Morgan fingerprint density at radius 2 is 1.74 bits per heavy atom. The Morgan fingerprint density at radius 3 is 2.05 bits per heavy atom. The van der Waals surface area contributed by atoms with Crippen LogP contribution < -0.4 is 0 Å². The van der Waals surface area contributed by atoms with Crippen LogP contribution in [0.3, 0.4) is 0 Å². The van der Waals surface area contributed by atoms with Gasteiger partial charge in [0, 0.05) is 11.6 Å². The molecule has 0 aliphatic carbocycles. The second-order valence-electron chi connectivity index (χ2n) is 5.70. The predicted octanol–water partition coefficient (Wildman–Crippen LogP) is 5.18. The molecule has 0 unspecified atom stereocenters. The van der Waals surface area contributed by atoms with Crippen LogP contribution in [-0.4, -0.2) is 29.2 Å². The average Bonchev–Trinajstić information content (AvgIpc) is 2.32. The largest absolute Gasteiger partial charge is 0.386 e. The molecule has 0 heterocycles. The molecule has 2 nitrogen and oxygen atoms in total. The van der Waals surface area contributed by atoms with Gasteiger partial charge in [-0.3, -0.25) is 0 Å². The zero-order valence-corrected chi connectivity index (χ0v) is 15.8. The lowest BCUT2D eigenvalue weighted by Crippen LogP contribution is -2.25. The van der Waals surface area contributed by atoms with Gasteiger partial charge in [-0.05, 0) is 26.7 Å². The smallest absolute Gasteiger partial charge is 0.155 e. The van der Waals surface area contributed by atoms with Gasteiger partial charge in [0.15, 0.2) is 22.0 Å². The number of rotatable bonds is 9. The molecule has 0 aromatic carbocycles. The summed E-state index contributed by atoms with van der Waals surface area (Å²) >= 11 is 2.67. The van der Waals surface area contributed by atoms with E-state index in [1.54, 1.807) is 19.9 Å². The molecular formula is C15H28INOP+. The van der Waals surface area contributed by atoms with Crippen LogP contribution in [0.25, 0.3) is 0 Å². The molecule has 0 aliphatic heterocycles. The standard InChI is InChI=1S/C15H28INOP/c1-5-7-11-19(16,12-8-6-2)13-14(9-10-17)15(3,4)18/h9,18H,5-8,11-13H2,1-4H3/q+1/b14-9+. The van der Waals surface area contributed by atoms with E-state index in [4.69, 9.17) is 5.26 Å². The third-order valence-electron chi connectivity index (χ3n) is 3.30. The number of nitriles is 1. The van der Waals surface area contributed by atoms with Gasteiger partial charge >= 0.3 is 0 Å². The second-order valence-corrected chi connectivity index (χ2v) is 15.1. The minimum atomic E-state index is -1.09. The van der Waals surface area contributed by atoms with Crippen LogP contribution in [0.2, 0.25) is 0 Å². The number of halogens is 1. The van der Waals surface area contributed by atoms with Gasteiger partial charge in [-0.2, -0.15) is 5.26 Å². The van der Waals surface area contributed by atoms with Gasteiger partial charge in [0.1, 0.15) is 0 Å². The summed E-state index contributed by atoms with van der Waals surface area (Å²) in [5.74, 6) is 0. The first-order valence-electron chi connectivity index (χ1n) is 7.16. The van der Waals surface area contributed by atoms with E-state index in [9.17, 15) is 5.11 Å². The SMILES string of the molecule is CCCC[P+](I)(CCCC)C/C(=C\C#N)C(C)(C)O. The first-order chi connectivity index (χ1) is 8.79. The number of unbranched alkanes of at least 4 members (excludes halogenated alkanes) is 2. The van der Waals surface area contributed by atoms with Crippen LogP contribution >= 0.6 is 26.9 Å². The van der Waals surface area contributed by atoms with Crippen molar-refractivity contribution in [2.75, 3.05) is 18.5 Å². The average molecular weight is 396 g/mol. The van der Waals surface area contributed by atoms with E-state index in [0.717, 1.165) is 11.7 Å². The molecule has 0 aliphatic rings. The minimum Gasteiger partial charge on any atom is -0.386 e. The molecule has 0 aromatic rings. The molecule has 4 heteroatoms. The fraction of sp³-hybridized carbons (Fsp3) is 0.800. The van der Waals surface area contributed by atoms with Crippen LogP contribution in [0.5, 0.6) is 0 Å². The lowest BCUT2D eigenvalue weighted by molar-refractivity contribution is 0.120. The molecule has 19 heavy (non-hydrogen) atoms. The molecule has 110 valence electrons. The summed E-state index contributed by atoms with van der Waals surface area (Å²) in [7, 11) is 0. The molecule has 0 radical (unpaired) electrons. The first-order valence-corrected chi connectivity index (χ1v) is 12.3.